The number of carbonyl (C=O) groups is 1. The summed E-state index contributed by atoms with van der Waals surface area (Å²) in [5, 5.41) is -0.222. The maximum Gasteiger partial charge on any atom is 0.374 e. The number of ether oxygens (including phenoxy) is 1. The summed E-state index contributed by atoms with van der Waals surface area (Å²) < 4.78 is 6.00. The lowest BCUT2D eigenvalue weighted by molar-refractivity contribution is 0.168. The Bertz CT molecular complexity index is 582. The Morgan fingerprint density at radius 1 is 1.35 bits per heavy atom. The van der Waals surface area contributed by atoms with Gasteiger partial charge < -0.3 is 4.74 Å². The van der Waals surface area contributed by atoms with E-state index in [9.17, 15) is 4.79 Å². The van der Waals surface area contributed by atoms with Crippen LogP contribution in [0.1, 0.15) is 5.56 Å². The maximum atomic E-state index is 11.6. The lowest BCUT2D eigenvalue weighted by atomic mass is 10.2. The number of benzene rings is 1. The van der Waals surface area contributed by atoms with Crippen molar-refractivity contribution >= 4 is 63.4 Å². The van der Waals surface area contributed by atoms with Gasteiger partial charge in [-0.25, -0.2) is 9.78 Å². The fraction of sp³-hybridized carbons (Fsp3) is 0.167. The molecule has 0 aliphatic rings. The van der Waals surface area contributed by atoms with E-state index in [1.165, 1.54) is 4.90 Å². The molecule has 1 aromatic heterocycles. The summed E-state index contributed by atoms with van der Waals surface area (Å²) in [6, 6.07) is 7.84. The Labute approximate surface area is 139 Å². The van der Waals surface area contributed by atoms with Crippen molar-refractivity contribution in [3.63, 3.8) is 0 Å². The van der Waals surface area contributed by atoms with Gasteiger partial charge in [0, 0.05) is 16.7 Å². The van der Waals surface area contributed by atoms with Crippen molar-refractivity contribution in [3.05, 3.63) is 39.3 Å². The van der Waals surface area contributed by atoms with Gasteiger partial charge in [0.25, 0.3) is 0 Å². The predicted octanol–water partition coefficient (Wildman–Crippen LogP) is 5.60. The van der Waals surface area contributed by atoms with E-state index in [4.69, 9.17) is 27.9 Å². The molecule has 0 aliphatic heterocycles. The molecule has 3 nitrogen and oxygen atoms in total. The van der Waals surface area contributed by atoms with Gasteiger partial charge in [-0.3, -0.25) is 0 Å². The molecule has 0 N–H and O–H groups in total. The molecule has 0 saturated carbocycles. The second-order valence-electron chi connectivity index (χ2n) is 3.53. The van der Waals surface area contributed by atoms with Crippen molar-refractivity contribution in [3.8, 4) is 0 Å². The van der Waals surface area contributed by atoms with E-state index in [0.717, 1.165) is 28.7 Å². The van der Waals surface area contributed by atoms with Crippen molar-refractivity contribution in [2.75, 3.05) is 6.26 Å². The molecule has 0 amide bonds. The van der Waals surface area contributed by atoms with Gasteiger partial charge in [-0.1, -0.05) is 46.7 Å². The van der Waals surface area contributed by atoms with Crippen LogP contribution in [-0.4, -0.2) is 16.5 Å². The van der Waals surface area contributed by atoms with Gasteiger partial charge in [0.1, 0.15) is 10.9 Å². The molecule has 0 radical (unpaired) electrons. The zero-order valence-corrected chi connectivity index (χ0v) is 14.2. The molecular weight excluding hydrogens is 357 g/mol. The van der Waals surface area contributed by atoms with Crippen LogP contribution in [0.25, 0.3) is 0 Å². The Morgan fingerprint density at radius 2 is 2.05 bits per heavy atom. The van der Waals surface area contributed by atoms with E-state index in [2.05, 4.69) is 4.98 Å². The number of thiazole rings is 1. The van der Waals surface area contributed by atoms with Gasteiger partial charge >= 0.3 is 5.30 Å². The highest BCUT2D eigenvalue weighted by Gasteiger charge is 2.13. The number of aromatic nitrogens is 1. The Hall–Kier alpha value is -0.400. The molecule has 0 saturated heterocycles. The average Bonchev–Trinajstić information content (AvgIpc) is 2.75. The minimum Gasteiger partial charge on any atom is -0.452 e. The molecule has 0 aliphatic carbocycles. The molecule has 0 bridgehead atoms. The van der Waals surface area contributed by atoms with Gasteiger partial charge in [0.15, 0.2) is 9.49 Å². The van der Waals surface area contributed by atoms with Crippen molar-refractivity contribution in [1.29, 1.82) is 0 Å². The molecule has 106 valence electrons. The summed E-state index contributed by atoms with van der Waals surface area (Å²) in [5.41, 5.74) is 0.937. The number of halogens is 2. The van der Waals surface area contributed by atoms with Crippen LogP contribution in [0.5, 0.6) is 0 Å². The van der Waals surface area contributed by atoms with Crippen molar-refractivity contribution in [1.82, 2.24) is 4.98 Å². The zero-order valence-electron chi connectivity index (χ0n) is 10.3. The van der Waals surface area contributed by atoms with E-state index in [0.29, 0.717) is 8.68 Å². The van der Waals surface area contributed by atoms with E-state index >= 15 is 0 Å². The highest BCUT2D eigenvalue weighted by molar-refractivity contribution is 8.14. The van der Waals surface area contributed by atoms with Gasteiger partial charge in [0.2, 0.25) is 0 Å². The second-order valence-corrected chi connectivity index (χ2v) is 7.55. The first-order valence-electron chi connectivity index (χ1n) is 5.38. The molecule has 8 heteroatoms. The van der Waals surface area contributed by atoms with Crippen LogP contribution < -0.4 is 0 Å². The number of rotatable bonds is 4. The van der Waals surface area contributed by atoms with Gasteiger partial charge in [-0.2, -0.15) is 0 Å². The number of hydrogen-bond donors (Lipinski definition) is 0. The number of carbonyl (C=O) groups excluding carboxylic acids is 1. The number of hydrogen-bond acceptors (Lipinski definition) is 6. The van der Waals surface area contributed by atoms with Crippen LogP contribution in [0.15, 0.2) is 33.5 Å². The van der Waals surface area contributed by atoms with E-state index in [-0.39, 0.29) is 11.8 Å². The minimum absolute atomic E-state index is 0.208. The monoisotopic (exact) mass is 365 g/mol. The topological polar surface area (TPSA) is 39.2 Å². The lowest BCUT2D eigenvalue weighted by Gasteiger charge is -2.04. The number of nitrogens with zero attached hydrogens (tertiary/aromatic N) is 1. The Balaban J connectivity index is 1.85. The summed E-state index contributed by atoms with van der Waals surface area (Å²) in [4.78, 5) is 16.8. The van der Waals surface area contributed by atoms with E-state index < -0.39 is 5.30 Å². The van der Waals surface area contributed by atoms with Gasteiger partial charge in [-0.15, -0.1) is 11.8 Å². The molecule has 1 aromatic carbocycles. The summed E-state index contributed by atoms with van der Waals surface area (Å²) in [7, 11) is 0. The van der Waals surface area contributed by atoms with Crippen molar-refractivity contribution in [2.24, 2.45) is 0 Å². The van der Waals surface area contributed by atoms with Gasteiger partial charge in [-0.05, 0) is 24.0 Å². The first kappa shape index (κ1) is 16.0. The largest absolute Gasteiger partial charge is 0.452 e. The number of thioether (sulfide) groups is 2. The van der Waals surface area contributed by atoms with Crippen LogP contribution in [0.2, 0.25) is 9.49 Å². The van der Waals surface area contributed by atoms with Crippen LogP contribution in [-0.2, 0) is 11.3 Å². The Morgan fingerprint density at radius 3 is 2.60 bits per heavy atom. The second kappa shape index (κ2) is 7.56. The summed E-state index contributed by atoms with van der Waals surface area (Å²) in [5.74, 6) is 0. The fourth-order valence-corrected chi connectivity index (χ4v) is 3.82. The third-order valence-electron chi connectivity index (χ3n) is 2.21. The third kappa shape index (κ3) is 4.56. The first-order valence-corrected chi connectivity index (χ1v) is 8.99. The lowest BCUT2D eigenvalue weighted by Crippen LogP contribution is -1.97. The molecule has 0 spiro atoms. The third-order valence-corrected chi connectivity index (χ3v) is 5.54. The molecule has 0 fully saturated rings. The zero-order chi connectivity index (χ0) is 14.5. The van der Waals surface area contributed by atoms with E-state index in [1.54, 1.807) is 11.8 Å². The first-order chi connectivity index (χ1) is 9.58. The minimum atomic E-state index is -0.430. The van der Waals surface area contributed by atoms with Crippen molar-refractivity contribution < 1.29 is 9.53 Å². The highest BCUT2D eigenvalue weighted by atomic mass is 35.5. The molecule has 1 heterocycles. The van der Waals surface area contributed by atoms with Gasteiger partial charge in [0.05, 0.1) is 0 Å². The summed E-state index contributed by atoms with van der Waals surface area (Å²) in [6.07, 6.45) is 2.01. The maximum absolute atomic E-state index is 11.6. The summed E-state index contributed by atoms with van der Waals surface area (Å²) >= 11 is 15.2. The molecular formula is C12H9Cl2NO2S3. The van der Waals surface area contributed by atoms with E-state index in [1.807, 2.05) is 30.5 Å². The SMILES string of the molecule is CSc1ccc(COC(=O)Sc2nc(Cl)c(Cl)s2)cc1. The summed E-state index contributed by atoms with van der Waals surface area (Å²) in [6.45, 7) is 0.229. The quantitative estimate of drug-likeness (QED) is 0.520. The van der Waals surface area contributed by atoms with Crippen molar-refractivity contribution in [2.45, 2.75) is 15.8 Å². The smallest absolute Gasteiger partial charge is 0.374 e. The molecule has 20 heavy (non-hydrogen) atoms. The molecule has 2 aromatic rings. The molecule has 0 atom stereocenters. The highest BCUT2D eigenvalue weighted by Crippen LogP contribution is 2.34. The molecule has 0 unspecified atom stereocenters. The fourth-order valence-electron chi connectivity index (χ4n) is 1.27. The van der Waals surface area contributed by atoms with Crippen LogP contribution in [0, 0.1) is 0 Å². The normalized spacial score (nSPS) is 10.6. The Kier molecular flexibility index (Phi) is 6.04. The van der Waals surface area contributed by atoms with Crippen LogP contribution in [0.4, 0.5) is 4.79 Å². The van der Waals surface area contributed by atoms with Crippen LogP contribution in [0.3, 0.4) is 0 Å². The average molecular weight is 366 g/mol. The predicted molar refractivity (Wildman–Crippen MR) is 86.4 cm³/mol. The molecule has 2 rings (SSSR count). The van der Waals surface area contributed by atoms with Crippen LogP contribution >= 0.6 is 58.1 Å². The standard InChI is InChI=1S/C12H9Cl2NO2S3/c1-18-8-4-2-7(3-5-8)6-17-12(16)20-11-15-9(13)10(14)19-11/h2-5H,6H2,1H3.